The van der Waals surface area contributed by atoms with E-state index in [1.807, 2.05) is 13.8 Å². The molecule has 6 rings (SSSR count). The number of rotatable bonds is 9. The molecule has 300 valence electrons. The lowest BCUT2D eigenvalue weighted by atomic mass is 9.70. The number of esters is 1. The monoisotopic (exact) mass is 746 g/mol. The van der Waals surface area contributed by atoms with Crippen molar-refractivity contribution in [3.8, 4) is 0 Å². The number of fused-ring (bicyclic) bond motifs is 5. The van der Waals surface area contributed by atoms with Gasteiger partial charge in [-0.15, -0.1) is 0 Å². The molecule has 0 amide bonds. The number of methoxy groups -OCH3 is 3. The van der Waals surface area contributed by atoms with E-state index in [0.29, 0.717) is 18.4 Å². The van der Waals surface area contributed by atoms with E-state index < -0.39 is 12.4 Å². The Bertz CT molecular complexity index is 1330. The van der Waals surface area contributed by atoms with Crippen molar-refractivity contribution in [1.82, 2.24) is 0 Å². The third-order valence-corrected chi connectivity index (χ3v) is 13.6. The first kappa shape index (κ1) is 40.9. The van der Waals surface area contributed by atoms with Crippen molar-refractivity contribution < 1.29 is 52.0 Å². The summed E-state index contributed by atoms with van der Waals surface area (Å²) in [7, 11) is 11.6. The first-order valence-electron chi connectivity index (χ1n) is 20.4. The molecule has 3 saturated heterocycles. The fourth-order valence-electron chi connectivity index (χ4n) is 10.7. The minimum Gasteiger partial charge on any atom is -0.462 e. The predicted octanol–water partition coefficient (Wildman–Crippen LogP) is 5.63. The van der Waals surface area contributed by atoms with E-state index in [1.165, 1.54) is 0 Å². The van der Waals surface area contributed by atoms with Crippen LogP contribution in [0.3, 0.4) is 0 Å². The molecule has 0 bridgehead atoms. The first-order chi connectivity index (χ1) is 25.3. The molecule has 17 atom stereocenters. The van der Waals surface area contributed by atoms with Crippen LogP contribution in [-0.4, -0.2) is 126 Å². The molecule has 3 heterocycles. The van der Waals surface area contributed by atoms with Crippen molar-refractivity contribution in [3.05, 3.63) is 23.8 Å². The summed E-state index contributed by atoms with van der Waals surface area (Å²) in [6, 6.07) is 0.390. The molecule has 3 aliphatic heterocycles. The molecule has 3 aliphatic carbocycles. The van der Waals surface area contributed by atoms with E-state index >= 15 is 0 Å². The van der Waals surface area contributed by atoms with Crippen LogP contribution in [-0.2, 0) is 47.5 Å². The second-order valence-corrected chi connectivity index (χ2v) is 17.7. The molecule has 0 aromatic heterocycles. The molecule has 53 heavy (non-hydrogen) atoms. The smallest absolute Gasteiger partial charge is 0.306 e. The number of hydrogen-bond acceptors (Lipinski definition) is 10. The Labute approximate surface area is 317 Å². The van der Waals surface area contributed by atoms with Gasteiger partial charge >= 0.3 is 5.97 Å². The molecular formula is C42H68NO10+. The van der Waals surface area contributed by atoms with Crippen LogP contribution >= 0.6 is 0 Å². The summed E-state index contributed by atoms with van der Waals surface area (Å²) in [6.45, 7) is 8.21. The number of carbonyl (C=O) groups excluding carboxylic acids is 2. The van der Waals surface area contributed by atoms with Gasteiger partial charge < -0.3 is 42.4 Å². The average Bonchev–Trinajstić information content (AvgIpc) is 3.69. The number of allylic oxidation sites excluding steroid dienone is 4. The molecule has 0 aromatic rings. The minimum atomic E-state index is -0.594. The van der Waals surface area contributed by atoms with Crippen molar-refractivity contribution in [2.24, 2.45) is 35.5 Å². The molecule has 6 aliphatic rings. The summed E-state index contributed by atoms with van der Waals surface area (Å²) >= 11 is 0. The van der Waals surface area contributed by atoms with Gasteiger partial charge in [-0.05, 0) is 81.6 Å². The number of hydrogen-bond donors (Lipinski definition) is 0. The van der Waals surface area contributed by atoms with Crippen molar-refractivity contribution in [2.45, 2.75) is 153 Å². The standard InChI is InChI=1S/C42H68NO10/c1-11-27-13-12-14-35(53-37-18-17-34(24(3)49-37)43(5,6)7)23(2)38(45)33-21-31-29(32(33)22-36(44)51-27)16-15-26-19-28(20-30(26)31)52-42-41(48-10)40(47-9)39(46-8)25(4)50-42/h15-16,21,23-32,34-35,37,39-42H,11-14,17-20,22H2,1-10H3/q+1/t23-,24-,25+,26-,27+,28-,29-,30-,31-,32+,34+,35+,37+,39+,40-,41-,42+/m1/s1. The molecule has 0 spiro atoms. The van der Waals surface area contributed by atoms with Gasteiger partial charge in [-0.25, -0.2) is 0 Å². The number of quaternary nitrogens is 1. The molecule has 11 nitrogen and oxygen atoms in total. The normalized spacial score (nSPS) is 45.3. The summed E-state index contributed by atoms with van der Waals surface area (Å²) in [5.41, 5.74) is 0.766. The summed E-state index contributed by atoms with van der Waals surface area (Å²) in [6.07, 6.45) is 10.9. The number of cyclic esters (lactones) is 1. The largest absolute Gasteiger partial charge is 0.462 e. The van der Waals surface area contributed by atoms with Crippen LogP contribution in [0.25, 0.3) is 0 Å². The van der Waals surface area contributed by atoms with Crippen molar-refractivity contribution in [2.75, 3.05) is 42.5 Å². The van der Waals surface area contributed by atoms with Crippen molar-refractivity contribution >= 4 is 11.8 Å². The Balaban J connectivity index is 1.20. The van der Waals surface area contributed by atoms with E-state index in [9.17, 15) is 9.59 Å². The van der Waals surface area contributed by atoms with Gasteiger partial charge in [-0.2, -0.15) is 0 Å². The van der Waals surface area contributed by atoms with Crippen LogP contribution in [0.2, 0.25) is 0 Å². The summed E-state index contributed by atoms with van der Waals surface area (Å²) in [4.78, 5) is 28.2. The maximum absolute atomic E-state index is 14.7. The average molecular weight is 747 g/mol. The molecule has 0 radical (unpaired) electrons. The quantitative estimate of drug-likeness (QED) is 0.167. The highest BCUT2D eigenvalue weighted by Crippen LogP contribution is 2.54. The molecule has 0 N–H and O–H groups in total. The summed E-state index contributed by atoms with van der Waals surface area (Å²) in [5, 5.41) is 0. The van der Waals surface area contributed by atoms with Gasteiger partial charge in [0.15, 0.2) is 18.4 Å². The van der Waals surface area contributed by atoms with E-state index in [4.69, 9.17) is 37.9 Å². The third kappa shape index (κ3) is 8.68. The van der Waals surface area contributed by atoms with E-state index in [0.717, 1.165) is 55.0 Å². The highest BCUT2D eigenvalue weighted by atomic mass is 16.7. The molecule has 0 unspecified atom stereocenters. The van der Waals surface area contributed by atoms with Crippen LogP contribution in [0.4, 0.5) is 0 Å². The number of likely N-dealkylation sites (N-methyl/N-ethyl adjacent to an activating group) is 1. The molecule has 11 heteroatoms. The van der Waals surface area contributed by atoms with E-state index in [-0.39, 0.29) is 96.8 Å². The fourth-order valence-corrected chi connectivity index (χ4v) is 10.7. The van der Waals surface area contributed by atoms with Gasteiger partial charge in [0.1, 0.15) is 36.6 Å². The van der Waals surface area contributed by atoms with Crippen LogP contribution in [0.5, 0.6) is 0 Å². The molecule has 4 fully saturated rings. The Kier molecular flexibility index (Phi) is 13.3. The second kappa shape index (κ2) is 17.2. The zero-order chi connectivity index (χ0) is 38.2. The van der Waals surface area contributed by atoms with Gasteiger partial charge in [0.25, 0.3) is 0 Å². The van der Waals surface area contributed by atoms with Crippen LogP contribution in [0.1, 0.15) is 85.5 Å². The van der Waals surface area contributed by atoms with Crippen LogP contribution in [0.15, 0.2) is 23.8 Å². The van der Waals surface area contributed by atoms with Gasteiger partial charge in [-0.1, -0.05) is 32.1 Å². The maximum Gasteiger partial charge on any atom is 0.306 e. The fraction of sp³-hybridized carbons (Fsp3) is 0.857. The predicted molar refractivity (Wildman–Crippen MR) is 199 cm³/mol. The van der Waals surface area contributed by atoms with Crippen LogP contribution in [0, 0.1) is 35.5 Å². The number of ketones is 1. The van der Waals surface area contributed by atoms with Gasteiger partial charge in [0.05, 0.1) is 45.9 Å². The summed E-state index contributed by atoms with van der Waals surface area (Å²) < 4.78 is 50.6. The summed E-state index contributed by atoms with van der Waals surface area (Å²) in [5.74, 6) is 0.0212. The molecule has 1 saturated carbocycles. The van der Waals surface area contributed by atoms with Gasteiger partial charge in [-0.3, -0.25) is 9.59 Å². The third-order valence-electron chi connectivity index (χ3n) is 13.6. The Morgan fingerprint density at radius 1 is 0.811 bits per heavy atom. The number of Topliss-reactive ketones (excluding diaryl/α,β-unsaturated/α-hetero) is 1. The Morgan fingerprint density at radius 3 is 2.21 bits per heavy atom. The maximum atomic E-state index is 14.7. The van der Waals surface area contributed by atoms with Crippen molar-refractivity contribution in [3.63, 3.8) is 0 Å². The Hall–Kier alpha value is -1.70. The highest BCUT2D eigenvalue weighted by molar-refractivity contribution is 5.99. The molecular weight excluding hydrogens is 678 g/mol. The van der Waals surface area contributed by atoms with E-state index in [2.05, 4.69) is 53.2 Å². The molecule has 0 aromatic carbocycles. The van der Waals surface area contributed by atoms with Crippen molar-refractivity contribution in [1.29, 1.82) is 0 Å². The number of nitrogens with zero attached hydrogens (tertiary/aromatic N) is 1. The number of carbonyl (C=O) groups is 2. The van der Waals surface area contributed by atoms with Gasteiger partial charge in [0, 0.05) is 46.0 Å². The van der Waals surface area contributed by atoms with E-state index in [1.54, 1.807) is 21.3 Å². The lowest BCUT2D eigenvalue weighted by Crippen LogP contribution is -2.59. The lowest BCUT2D eigenvalue weighted by molar-refractivity contribution is -0.901. The topological polar surface area (TPSA) is 108 Å². The van der Waals surface area contributed by atoms with Crippen LogP contribution < -0.4 is 0 Å². The Morgan fingerprint density at radius 2 is 1.55 bits per heavy atom. The zero-order valence-corrected chi connectivity index (χ0v) is 33.9. The highest BCUT2D eigenvalue weighted by Gasteiger charge is 2.53. The van der Waals surface area contributed by atoms with Gasteiger partial charge in [0.2, 0.25) is 0 Å². The zero-order valence-electron chi connectivity index (χ0n) is 33.9. The lowest BCUT2D eigenvalue weighted by Gasteiger charge is -2.44. The number of ether oxygens (including phenoxy) is 8. The SMILES string of the molecule is CC[C@H]1CCC[C@H](O[C@H]2CC[C@H]([N+](C)(C)C)[C@@H](C)O2)[C@@H](C)C(=O)C2=C[C@@H]3[C@@H](C=C[C@@H]4C[C@@H](O[C@@H]5O[C@@H](C)[C@H](OC)[C@@H](OC)[C@H]5OC)C[C@@H]34)[C@@H]2CC(=O)O1. The first-order valence-corrected chi connectivity index (χ1v) is 20.4. The second-order valence-electron chi connectivity index (χ2n) is 17.7. The minimum absolute atomic E-state index is 0.0454.